The average Bonchev–Trinajstić information content (AvgIpc) is 2.98. The first-order valence-corrected chi connectivity index (χ1v) is 9.10. The largest absolute Gasteiger partial charge is 1.00 e. The van der Waals surface area contributed by atoms with E-state index in [0.29, 0.717) is 6.54 Å². The molecule has 0 aliphatic rings. The summed E-state index contributed by atoms with van der Waals surface area (Å²) >= 11 is 4.97. The molecule has 0 radical (unpaired) electrons. The van der Waals surface area contributed by atoms with Crippen molar-refractivity contribution in [3.63, 3.8) is 0 Å². The maximum Gasteiger partial charge on any atom is 0.269 e. The van der Waals surface area contributed by atoms with Gasteiger partial charge in [-0.25, -0.2) is 4.99 Å². The van der Waals surface area contributed by atoms with E-state index < -0.39 is 4.92 Å². The quantitative estimate of drug-likeness (QED) is 0.310. The van der Waals surface area contributed by atoms with Gasteiger partial charge in [-0.05, 0) is 35.9 Å². The number of hydrogen-bond acceptors (Lipinski definition) is 4. The number of nitrogens with zero attached hydrogens (tertiary/aromatic N) is 3. The van der Waals surface area contributed by atoms with E-state index >= 15 is 0 Å². The van der Waals surface area contributed by atoms with Crippen LogP contribution in [0.15, 0.2) is 76.0 Å². The van der Waals surface area contributed by atoms with Gasteiger partial charge in [-0.2, -0.15) is 0 Å². The van der Waals surface area contributed by atoms with E-state index in [1.54, 1.807) is 12.1 Å². The van der Waals surface area contributed by atoms with E-state index in [1.807, 2.05) is 40.3 Å². The molecule has 8 heteroatoms. The maximum atomic E-state index is 10.8. The number of halogens is 2. The lowest BCUT2D eigenvalue weighted by Crippen LogP contribution is -3.00. The molecule has 134 valence electrons. The molecule has 0 bridgehead atoms. The number of benzene rings is 2. The number of nitro groups is 1. The molecule has 1 aromatic heterocycles. The van der Waals surface area contributed by atoms with Crippen molar-refractivity contribution in [2.75, 3.05) is 0 Å². The summed E-state index contributed by atoms with van der Waals surface area (Å²) in [7, 11) is 0. The number of aromatic nitrogens is 1. The van der Waals surface area contributed by atoms with Crippen molar-refractivity contribution in [1.82, 2.24) is 4.57 Å². The normalized spacial score (nSPS) is 11.0. The van der Waals surface area contributed by atoms with E-state index in [4.69, 9.17) is 4.99 Å². The molecule has 0 saturated heterocycles. The minimum absolute atomic E-state index is 0. The summed E-state index contributed by atoms with van der Waals surface area (Å²) in [5.74, 6) is 0. The lowest BCUT2D eigenvalue weighted by atomic mass is 10.1. The summed E-state index contributed by atoms with van der Waals surface area (Å²) in [6.07, 6.45) is 1.81. The van der Waals surface area contributed by atoms with Crippen LogP contribution in [0.3, 0.4) is 0 Å². The van der Waals surface area contributed by atoms with Gasteiger partial charge in [-0.3, -0.25) is 10.1 Å². The van der Waals surface area contributed by atoms with Crippen LogP contribution >= 0.6 is 27.3 Å². The van der Waals surface area contributed by atoms with Gasteiger partial charge in [-0.1, -0.05) is 28.1 Å². The van der Waals surface area contributed by atoms with Crippen LogP contribution in [-0.4, -0.2) is 9.49 Å². The molecule has 0 saturated carbocycles. The van der Waals surface area contributed by atoms with Crippen molar-refractivity contribution >= 4 is 38.6 Å². The van der Waals surface area contributed by atoms with Crippen molar-refractivity contribution in [1.29, 1.82) is 0 Å². The minimum Gasteiger partial charge on any atom is -1.00 e. The van der Waals surface area contributed by atoms with E-state index in [2.05, 4.69) is 22.5 Å². The molecule has 5 nitrogen and oxygen atoms in total. The van der Waals surface area contributed by atoms with Gasteiger partial charge in [-0.15, -0.1) is 17.9 Å². The molecule has 3 aromatic rings. The number of allylic oxidation sites excluding steroid dienone is 1. The van der Waals surface area contributed by atoms with E-state index in [-0.39, 0.29) is 22.7 Å². The van der Waals surface area contributed by atoms with Crippen LogP contribution in [0.25, 0.3) is 11.3 Å². The van der Waals surface area contributed by atoms with Gasteiger partial charge in [0, 0.05) is 28.5 Å². The van der Waals surface area contributed by atoms with E-state index in [0.717, 1.165) is 26.2 Å². The fourth-order valence-corrected chi connectivity index (χ4v) is 3.69. The first kappa shape index (κ1) is 20.3. The van der Waals surface area contributed by atoms with Gasteiger partial charge in [0.2, 0.25) is 0 Å². The highest BCUT2D eigenvalue weighted by Crippen LogP contribution is 2.24. The first-order chi connectivity index (χ1) is 12.1. The first-order valence-electron chi connectivity index (χ1n) is 7.43. The fourth-order valence-electron chi connectivity index (χ4n) is 2.36. The summed E-state index contributed by atoms with van der Waals surface area (Å²) in [6, 6.07) is 14.3. The van der Waals surface area contributed by atoms with Crippen molar-refractivity contribution in [2.45, 2.75) is 6.54 Å². The lowest BCUT2D eigenvalue weighted by Gasteiger charge is -2.06. The zero-order chi connectivity index (χ0) is 17.8. The predicted molar refractivity (Wildman–Crippen MR) is 104 cm³/mol. The smallest absolute Gasteiger partial charge is 0.269 e. The van der Waals surface area contributed by atoms with Crippen molar-refractivity contribution in [2.24, 2.45) is 4.99 Å². The van der Waals surface area contributed by atoms with Gasteiger partial charge in [0.15, 0.2) is 4.80 Å². The van der Waals surface area contributed by atoms with E-state index in [1.165, 1.54) is 23.5 Å². The average molecular weight is 496 g/mol. The second-order valence-electron chi connectivity index (χ2n) is 5.20. The van der Waals surface area contributed by atoms with Gasteiger partial charge < -0.3 is 21.5 Å². The Kier molecular flexibility index (Phi) is 7.07. The standard InChI is InChI=1S/C18H14BrN3O2S.BrH/c1-2-10-21-17(13-6-8-16(9-7-13)22(23)24)12-25-18(21)20-15-5-3-4-14(19)11-15;/h2-9,11-12H,1,10H2;1H/p-1. The molecule has 3 rings (SSSR count). The SMILES string of the molecule is C=CCn1c(-c2ccc([N+](=O)[O-])cc2)csc1=Nc1cccc(Br)c1.[Br-]. The topological polar surface area (TPSA) is 60.4 Å². The molecular weight excluding hydrogens is 482 g/mol. The Balaban J connectivity index is 0.00000243. The molecule has 0 unspecified atom stereocenters. The van der Waals surface area contributed by atoms with Crippen LogP contribution in [0, 0.1) is 10.1 Å². The summed E-state index contributed by atoms with van der Waals surface area (Å²) in [5.41, 5.74) is 2.78. The molecule has 0 aliphatic heterocycles. The minimum atomic E-state index is -0.400. The molecule has 2 aromatic carbocycles. The third-order valence-corrected chi connectivity index (χ3v) is 4.87. The second-order valence-corrected chi connectivity index (χ2v) is 6.95. The number of thiazole rings is 1. The summed E-state index contributed by atoms with van der Waals surface area (Å²) < 4.78 is 3.01. The Bertz CT molecular complexity index is 994. The molecule has 0 spiro atoms. The molecule has 0 N–H and O–H groups in total. The monoisotopic (exact) mass is 494 g/mol. The molecule has 26 heavy (non-hydrogen) atoms. The third kappa shape index (κ3) is 4.57. The number of rotatable bonds is 5. The van der Waals surface area contributed by atoms with Gasteiger partial charge >= 0.3 is 0 Å². The zero-order valence-corrected chi connectivity index (χ0v) is 17.5. The van der Waals surface area contributed by atoms with Crippen LogP contribution in [0.5, 0.6) is 0 Å². The highest BCUT2D eigenvalue weighted by molar-refractivity contribution is 9.10. The zero-order valence-electron chi connectivity index (χ0n) is 13.5. The lowest BCUT2D eigenvalue weighted by molar-refractivity contribution is -0.384. The van der Waals surface area contributed by atoms with Gasteiger partial charge in [0.05, 0.1) is 16.3 Å². The van der Waals surface area contributed by atoms with Gasteiger partial charge in [0.25, 0.3) is 5.69 Å². The number of nitro benzene ring substituents is 1. The summed E-state index contributed by atoms with van der Waals surface area (Å²) in [5, 5.41) is 12.8. The Morgan fingerprint density at radius 1 is 1.27 bits per heavy atom. The summed E-state index contributed by atoms with van der Waals surface area (Å²) in [4.78, 5) is 16.0. The van der Waals surface area contributed by atoms with Crippen LogP contribution in [0.1, 0.15) is 0 Å². The van der Waals surface area contributed by atoms with Gasteiger partial charge in [0.1, 0.15) is 0 Å². The summed E-state index contributed by atoms with van der Waals surface area (Å²) in [6.45, 7) is 4.42. The van der Waals surface area contributed by atoms with Crippen molar-refractivity contribution in [3.05, 3.63) is 86.0 Å². The molecule has 0 aliphatic carbocycles. The Morgan fingerprint density at radius 2 is 2.00 bits per heavy atom. The highest BCUT2D eigenvalue weighted by atomic mass is 79.9. The molecule has 0 fully saturated rings. The highest BCUT2D eigenvalue weighted by Gasteiger charge is 2.10. The predicted octanol–water partition coefficient (Wildman–Crippen LogP) is 2.31. The van der Waals surface area contributed by atoms with Crippen molar-refractivity contribution < 1.29 is 21.9 Å². The fraction of sp³-hybridized carbons (Fsp3) is 0.0556. The Morgan fingerprint density at radius 3 is 2.62 bits per heavy atom. The van der Waals surface area contributed by atoms with Crippen LogP contribution in [0.4, 0.5) is 11.4 Å². The van der Waals surface area contributed by atoms with Crippen LogP contribution in [0.2, 0.25) is 0 Å². The van der Waals surface area contributed by atoms with Crippen LogP contribution in [-0.2, 0) is 6.54 Å². The molecule has 1 heterocycles. The van der Waals surface area contributed by atoms with Crippen molar-refractivity contribution in [3.8, 4) is 11.3 Å². The molecule has 0 amide bonds. The number of non-ortho nitro benzene ring substituents is 1. The number of hydrogen-bond donors (Lipinski definition) is 0. The Hall–Kier alpha value is -2.03. The third-order valence-electron chi connectivity index (χ3n) is 3.52. The second kappa shape index (κ2) is 9.07. The van der Waals surface area contributed by atoms with Crippen LogP contribution < -0.4 is 21.8 Å². The molecular formula is C18H14Br2N3O2S-. The van der Waals surface area contributed by atoms with E-state index in [9.17, 15) is 10.1 Å². The molecule has 0 atom stereocenters. The Labute approximate surface area is 173 Å². The maximum absolute atomic E-state index is 10.8.